The molecule has 1 fully saturated rings. The number of hydrogen-bond acceptors (Lipinski definition) is 3. The number of hydrogen-bond donors (Lipinski definition) is 3. The summed E-state index contributed by atoms with van der Waals surface area (Å²) in [6.07, 6.45) is 4.60. The van der Waals surface area contributed by atoms with Crippen molar-refractivity contribution in [2.24, 2.45) is 5.73 Å². The van der Waals surface area contributed by atoms with Crippen LogP contribution in [0, 0.1) is 0 Å². The SMILES string of the molecule is NC(=O)NC(=O)CCN1CCC(c2c[nH]c3ccccc23)CC1. The fourth-order valence-electron chi connectivity index (χ4n) is 3.36. The molecule has 0 radical (unpaired) electrons. The van der Waals surface area contributed by atoms with E-state index in [0.717, 1.165) is 25.9 Å². The molecule has 1 aromatic carbocycles. The Morgan fingerprint density at radius 2 is 2.00 bits per heavy atom. The number of carbonyl (C=O) groups excluding carboxylic acids is 2. The number of aromatic amines is 1. The third-order valence-corrected chi connectivity index (χ3v) is 4.57. The van der Waals surface area contributed by atoms with Crippen LogP contribution in [-0.4, -0.2) is 41.5 Å². The molecule has 0 saturated carbocycles. The molecule has 3 amide bonds. The van der Waals surface area contributed by atoms with Crippen molar-refractivity contribution in [1.82, 2.24) is 15.2 Å². The standard InChI is InChI=1S/C17H22N4O2/c18-17(23)20-16(22)7-10-21-8-5-12(6-9-21)14-11-19-15-4-2-1-3-13(14)15/h1-4,11-12,19H,5-10H2,(H3,18,20,22,23). The molecule has 4 N–H and O–H groups in total. The monoisotopic (exact) mass is 314 g/mol. The molecular formula is C17H22N4O2. The second kappa shape index (κ2) is 6.83. The smallest absolute Gasteiger partial charge is 0.318 e. The van der Waals surface area contributed by atoms with Crippen LogP contribution in [-0.2, 0) is 4.79 Å². The van der Waals surface area contributed by atoms with E-state index in [-0.39, 0.29) is 5.91 Å². The van der Waals surface area contributed by atoms with Crippen LogP contribution in [0.4, 0.5) is 4.79 Å². The normalized spacial score (nSPS) is 16.5. The topological polar surface area (TPSA) is 91.2 Å². The summed E-state index contributed by atoms with van der Waals surface area (Å²) in [6.45, 7) is 2.60. The number of rotatable bonds is 4. The van der Waals surface area contributed by atoms with Crippen LogP contribution in [0.25, 0.3) is 10.9 Å². The van der Waals surface area contributed by atoms with Gasteiger partial charge in [-0.1, -0.05) is 18.2 Å². The Morgan fingerprint density at radius 1 is 1.26 bits per heavy atom. The minimum atomic E-state index is -0.784. The first-order valence-electron chi connectivity index (χ1n) is 8.01. The maximum atomic E-state index is 11.5. The van der Waals surface area contributed by atoms with E-state index in [9.17, 15) is 9.59 Å². The molecule has 0 unspecified atom stereocenters. The number of piperidine rings is 1. The Balaban J connectivity index is 1.52. The summed E-state index contributed by atoms with van der Waals surface area (Å²) >= 11 is 0. The Morgan fingerprint density at radius 3 is 2.74 bits per heavy atom. The number of imide groups is 1. The summed E-state index contributed by atoms with van der Waals surface area (Å²) in [5.74, 6) is 0.248. The fraction of sp³-hybridized carbons (Fsp3) is 0.412. The number of para-hydroxylation sites is 1. The van der Waals surface area contributed by atoms with Crippen LogP contribution in [0.2, 0.25) is 0 Å². The zero-order valence-corrected chi connectivity index (χ0v) is 13.0. The highest BCUT2D eigenvalue weighted by molar-refractivity contribution is 5.93. The van der Waals surface area contributed by atoms with Crippen molar-refractivity contribution >= 4 is 22.8 Å². The van der Waals surface area contributed by atoms with Crippen molar-refractivity contribution in [3.8, 4) is 0 Å². The first-order valence-corrected chi connectivity index (χ1v) is 8.01. The predicted octanol–water partition coefficient (Wildman–Crippen LogP) is 1.93. The van der Waals surface area contributed by atoms with Crippen molar-refractivity contribution in [3.05, 3.63) is 36.0 Å². The lowest BCUT2D eigenvalue weighted by Crippen LogP contribution is -2.39. The van der Waals surface area contributed by atoms with Crippen molar-refractivity contribution in [3.63, 3.8) is 0 Å². The van der Waals surface area contributed by atoms with E-state index < -0.39 is 6.03 Å². The van der Waals surface area contributed by atoms with Crippen molar-refractivity contribution in [2.45, 2.75) is 25.2 Å². The van der Waals surface area contributed by atoms with Gasteiger partial charge in [-0.25, -0.2) is 4.79 Å². The van der Waals surface area contributed by atoms with Gasteiger partial charge in [0.05, 0.1) is 0 Å². The maximum Gasteiger partial charge on any atom is 0.318 e. The summed E-state index contributed by atoms with van der Waals surface area (Å²) in [7, 11) is 0. The lowest BCUT2D eigenvalue weighted by atomic mass is 9.89. The summed E-state index contributed by atoms with van der Waals surface area (Å²) in [6, 6.07) is 7.61. The number of primary amides is 1. The zero-order valence-electron chi connectivity index (χ0n) is 13.0. The van der Waals surface area contributed by atoms with Crippen LogP contribution < -0.4 is 11.1 Å². The average molecular weight is 314 g/mol. The minimum absolute atomic E-state index is 0.306. The maximum absolute atomic E-state index is 11.5. The highest BCUT2D eigenvalue weighted by Crippen LogP contribution is 2.32. The first-order chi connectivity index (χ1) is 11.1. The van der Waals surface area contributed by atoms with Gasteiger partial charge in [-0.2, -0.15) is 0 Å². The minimum Gasteiger partial charge on any atom is -0.361 e. The van der Waals surface area contributed by atoms with E-state index in [1.54, 1.807) is 0 Å². The lowest BCUT2D eigenvalue weighted by Gasteiger charge is -2.31. The Kier molecular flexibility index (Phi) is 4.62. The molecular weight excluding hydrogens is 292 g/mol. The van der Waals surface area contributed by atoms with Crippen LogP contribution in [0.1, 0.15) is 30.7 Å². The number of benzene rings is 1. The molecule has 2 heterocycles. The van der Waals surface area contributed by atoms with E-state index in [0.29, 0.717) is 18.9 Å². The Bertz CT molecular complexity index is 701. The third kappa shape index (κ3) is 3.71. The average Bonchev–Trinajstić information content (AvgIpc) is 2.97. The number of fused-ring (bicyclic) bond motifs is 1. The Labute approximate surface area is 135 Å². The summed E-state index contributed by atoms with van der Waals surface area (Å²) in [5.41, 5.74) is 7.52. The van der Waals surface area contributed by atoms with Gasteiger partial charge in [-0.05, 0) is 43.5 Å². The molecule has 6 nitrogen and oxygen atoms in total. The molecule has 23 heavy (non-hydrogen) atoms. The van der Waals surface area contributed by atoms with Crippen molar-refractivity contribution in [2.75, 3.05) is 19.6 Å². The van der Waals surface area contributed by atoms with Gasteiger partial charge in [0.2, 0.25) is 5.91 Å². The largest absolute Gasteiger partial charge is 0.361 e. The van der Waals surface area contributed by atoms with Gasteiger partial charge >= 0.3 is 6.03 Å². The number of amides is 3. The number of carbonyl (C=O) groups is 2. The second-order valence-corrected chi connectivity index (χ2v) is 6.07. The molecule has 122 valence electrons. The third-order valence-electron chi connectivity index (χ3n) is 4.57. The number of likely N-dealkylation sites (tertiary alicyclic amines) is 1. The number of aromatic nitrogens is 1. The van der Waals surface area contributed by atoms with Gasteiger partial charge in [-0.3, -0.25) is 10.1 Å². The van der Waals surface area contributed by atoms with Gasteiger partial charge in [-0.15, -0.1) is 0 Å². The molecule has 0 spiro atoms. The van der Waals surface area contributed by atoms with Gasteiger partial charge < -0.3 is 15.6 Å². The zero-order chi connectivity index (χ0) is 16.2. The summed E-state index contributed by atoms with van der Waals surface area (Å²) in [4.78, 5) is 27.7. The van der Waals surface area contributed by atoms with Crippen LogP contribution >= 0.6 is 0 Å². The number of urea groups is 1. The van der Waals surface area contributed by atoms with Crippen molar-refractivity contribution < 1.29 is 9.59 Å². The fourth-order valence-corrected chi connectivity index (χ4v) is 3.36. The molecule has 3 rings (SSSR count). The van der Waals surface area contributed by atoms with Crippen LogP contribution in [0.5, 0.6) is 0 Å². The van der Waals surface area contributed by atoms with Gasteiger partial charge in [0.15, 0.2) is 0 Å². The second-order valence-electron chi connectivity index (χ2n) is 6.07. The van der Waals surface area contributed by atoms with Crippen LogP contribution in [0.3, 0.4) is 0 Å². The van der Waals surface area contributed by atoms with Crippen LogP contribution in [0.15, 0.2) is 30.5 Å². The molecule has 1 aliphatic heterocycles. The molecule has 1 aliphatic rings. The molecule has 2 aromatic rings. The highest BCUT2D eigenvalue weighted by atomic mass is 16.2. The quantitative estimate of drug-likeness (QED) is 0.805. The Hall–Kier alpha value is -2.34. The van der Waals surface area contributed by atoms with E-state index in [1.165, 1.54) is 16.5 Å². The number of H-pyrrole nitrogens is 1. The predicted molar refractivity (Wildman–Crippen MR) is 89.1 cm³/mol. The molecule has 0 bridgehead atoms. The highest BCUT2D eigenvalue weighted by Gasteiger charge is 2.23. The summed E-state index contributed by atoms with van der Waals surface area (Å²) < 4.78 is 0. The molecule has 0 aliphatic carbocycles. The number of nitrogens with zero attached hydrogens (tertiary/aromatic N) is 1. The molecule has 1 saturated heterocycles. The van der Waals surface area contributed by atoms with Gasteiger partial charge in [0.1, 0.15) is 0 Å². The number of nitrogens with two attached hydrogens (primary N) is 1. The molecule has 6 heteroatoms. The van der Waals surface area contributed by atoms with Crippen molar-refractivity contribution in [1.29, 1.82) is 0 Å². The summed E-state index contributed by atoms with van der Waals surface area (Å²) in [5, 5.41) is 3.41. The number of nitrogens with one attached hydrogen (secondary N) is 2. The van der Waals surface area contributed by atoms with E-state index >= 15 is 0 Å². The van der Waals surface area contributed by atoms with Gasteiger partial charge in [0, 0.05) is 30.1 Å². The van der Waals surface area contributed by atoms with Gasteiger partial charge in [0.25, 0.3) is 0 Å². The molecule has 1 aromatic heterocycles. The lowest BCUT2D eigenvalue weighted by molar-refractivity contribution is -0.120. The first kappa shape index (κ1) is 15.6. The molecule has 0 atom stereocenters. The van der Waals surface area contributed by atoms with E-state index in [1.807, 2.05) is 6.07 Å². The van der Waals surface area contributed by atoms with E-state index in [4.69, 9.17) is 5.73 Å². The van der Waals surface area contributed by atoms with E-state index in [2.05, 4.69) is 39.6 Å².